The number of nitrogen functional groups attached to an aromatic ring is 1. The summed E-state index contributed by atoms with van der Waals surface area (Å²) in [6.45, 7) is 6.49. The Kier molecular flexibility index (Phi) is 3.03. The molecule has 1 unspecified atom stereocenters. The lowest BCUT2D eigenvalue weighted by Crippen LogP contribution is -1.93. The largest absolute Gasteiger partial charge is 0.382 e. The van der Waals surface area contributed by atoms with Crippen LogP contribution in [0.3, 0.4) is 0 Å². The van der Waals surface area contributed by atoms with E-state index in [4.69, 9.17) is 28.9 Å². The van der Waals surface area contributed by atoms with Gasteiger partial charge in [0.1, 0.15) is 5.82 Å². The fraction of sp³-hybridized carbons (Fsp3) is 0.400. The molecular weight excluding hydrogens is 293 g/mol. The summed E-state index contributed by atoms with van der Waals surface area (Å²) in [6, 6.07) is 5.75. The summed E-state index contributed by atoms with van der Waals surface area (Å²) >= 11 is 12.2. The average Bonchev–Trinajstić information content (AvgIpc) is 2.75. The van der Waals surface area contributed by atoms with Gasteiger partial charge in [0.25, 0.3) is 0 Å². The van der Waals surface area contributed by atoms with Crippen LogP contribution in [0.2, 0.25) is 10.0 Å². The van der Waals surface area contributed by atoms with Gasteiger partial charge in [-0.1, -0.05) is 37.0 Å². The number of hydrogen-bond donors (Lipinski definition) is 2. The van der Waals surface area contributed by atoms with Crippen LogP contribution in [0.25, 0.3) is 0 Å². The van der Waals surface area contributed by atoms with Gasteiger partial charge in [0.15, 0.2) is 0 Å². The molecular formula is C15H17Cl2N3. The lowest BCUT2D eigenvalue weighted by molar-refractivity contribution is 0.596. The molecule has 1 heterocycles. The SMILES string of the molecule is Cc1c(N)n[nH]c1[C@@H]1C(c2cc(Cl)cc(Cl)c2)C1(C)C. The average molecular weight is 310 g/mol. The number of nitrogens with one attached hydrogen (secondary N) is 1. The van der Waals surface area contributed by atoms with Gasteiger partial charge in [0.05, 0.1) is 0 Å². The number of halogens is 2. The number of hydrogen-bond acceptors (Lipinski definition) is 2. The fourth-order valence-electron chi connectivity index (χ4n) is 3.28. The van der Waals surface area contributed by atoms with Gasteiger partial charge < -0.3 is 5.73 Å². The first-order valence-corrected chi connectivity index (χ1v) is 7.34. The summed E-state index contributed by atoms with van der Waals surface area (Å²) < 4.78 is 0. The molecule has 20 heavy (non-hydrogen) atoms. The molecule has 3 rings (SSSR count). The van der Waals surface area contributed by atoms with Crippen LogP contribution in [0, 0.1) is 12.3 Å². The standard InChI is InChI=1S/C15H17Cl2N3/c1-7-13(19-20-14(7)18)12-11(15(12,2)3)8-4-9(16)6-10(17)5-8/h4-6,11-12H,1-3H3,(H3,18,19,20)/t11?,12-/m0/s1. The van der Waals surface area contributed by atoms with E-state index in [-0.39, 0.29) is 5.41 Å². The summed E-state index contributed by atoms with van der Waals surface area (Å²) in [7, 11) is 0. The van der Waals surface area contributed by atoms with E-state index in [1.807, 2.05) is 19.1 Å². The van der Waals surface area contributed by atoms with Gasteiger partial charge in [0, 0.05) is 27.2 Å². The molecule has 1 aliphatic carbocycles. The van der Waals surface area contributed by atoms with E-state index in [0.29, 0.717) is 27.7 Å². The molecule has 106 valence electrons. The second kappa shape index (κ2) is 4.40. The third kappa shape index (κ3) is 2.00. The smallest absolute Gasteiger partial charge is 0.148 e. The van der Waals surface area contributed by atoms with Gasteiger partial charge in [-0.3, -0.25) is 5.10 Å². The van der Waals surface area contributed by atoms with Gasteiger partial charge >= 0.3 is 0 Å². The summed E-state index contributed by atoms with van der Waals surface area (Å²) in [5.74, 6) is 1.31. The predicted octanol–water partition coefficient (Wildman–Crippen LogP) is 4.51. The van der Waals surface area contributed by atoms with Crippen molar-refractivity contribution in [2.75, 3.05) is 5.73 Å². The van der Waals surface area contributed by atoms with Crippen LogP contribution < -0.4 is 5.73 Å². The highest BCUT2D eigenvalue weighted by molar-refractivity contribution is 6.34. The van der Waals surface area contributed by atoms with Gasteiger partial charge in [-0.2, -0.15) is 5.10 Å². The van der Waals surface area contributed by atoms with Crippen LogP contribution in [-0.2, 0) is 0 Å². The third-order valence-electron chi connectivity index (χ3n) is 4.47. The Morgan fingerprint density at radius 3 is 2.25 bits per heavy atom. The molecule has 1 aromatic carbocycles. The molecule has 1 fully saturated rings. The summed E-state index contributed by atoms with van der Waals surface area (Å²) in [5.41, 5.74) is 9.31. The van der Waals surface area contributed by atoms with E-state index in [1.165, 1.54) is 5.56 Å². The molecule has 1 aliphatic rings. The van der Waals surface area contributed by atoms with Gasteiger partial charge in [-0.25, -0.2) is 0 Å². The number of H-pyrrole nitrogens is 1. The number of anilines is 1. The van der Waals surface area contributed by atoms with Crippen molar-refractivity contribution in [3.05, 3.63) is 45.1 Å². The molecule has 0 spiro atoms. The summed E-state index contributed by atoms with van der Waals surface area (Å²) in [5, 5.41) is 8.54. The number of nitrogens with two attached hydrogens (primary N) is 1. The molecule has 0 saturated heterocycles. The molecule has 0 amide bonds. The van der Waals surface area contributed by atoms with Crippen molar-refractivity contribution in [3.63, 3.8) is 0 Å². The van der Waals surface area contributed by atoms with Crippen molar-refractivity contribution in [3.8, 4) is 0 Å². The van der Waals surface area contributed by atoms with Crippen LogP contribution in [0.1, 0.15) is 42.5 Å². The zero-order chi connectivity index (χ0) is 14.7. The molecule has 5 heteroatoms. The van der Waals surface area contributed by atoms with Crippen molar-refractivity contribution in [2.24, 2.45) is 5.41 Å². The zero-order valence-corrected chi connectivity index (χ0v) is 13.2. The molecule has 1 aromatic heterocycles. The minimum Gasteiger partial charge on any atom is -0.382 e. The highest BCUT2D eigenvalue weighted by atomic mass is 35.5. The maximum absolute atomic E-state index is 6.12. The number of nitrogens with zero attached hydrogens (tertiary/aromatic N) is 1. The molecule has 3 nitrogen and oxygen atoms in total. The van der Waals surface area contributed by atoms with E-state index in [0.717, 1.165) is 11.3 Å². The second-order valence-corrected chi connectivity index (χ2v) is 7.00. The fourth-order valence-corrected chi connectivity index (χ4v) is 3.83. The molecule has 1 saturated carbocycles. The number of benzene rings is 1. The Hall–Kier alpha value is -1.19. The summed E-state index contributed by atoms with van der Waals surface area (Å²) in [4.78, 5) is 0. The molecule has 0 bridgehead atoms. The first kappa shape index (κ1) is 13.8. The normalized spacial score (nSPS) is 23.9. The van der Waals surface area contributed by atoms with Gasteiger partial charge in [-0.15, -0.1) is 0 Å². The third-order valence-corrected chi connectivity index (χ3v) is 4.90. The van der Waals surface area contributed by atoms with Crippen molar-refractivity contribution in [2.45, 2.75) is 32.6 Å². The van der Waals surface area contributed by atoms with Crippen molar-refractivity contribution < 1.29 is 0 Å². The minimum atomic E-state index is 0.137. The lowest BCUT2D eigenvalue weighted by Gasteiger charge is -2.04. The van der Waals surface area contributed by atoms with E-state index in [9.17, 15) is 0 Å². The first-order chi connectivity index (χ1) is 9.32. The van der Waals surface area contributed by atoms with E-state index < -0.39 is 0 Å². The molecule has 0 radical (unpaired) electrons. The van der Waals surface area contributed by atoms with Crippen molar-refractivity contribution in [1.82, 2.24) is 10.2 Å². The van der Waals surface area contributed by atoms with Crippen molar-refractivity contribution in [1.29, 1.82) is 0 Å². The lowest BCUT2D eigenvalue weighted by atomic mass is 10.0. The quantitative estimate of drug-likeness (QED) is 0.857. The zero-order valence-electron chi connectivity index (χ0n) is 11.7. The van der Waals surface area contributed by atoms with E-state index >= 15 is 0 Å². The van der Waals surface area contributed by atoms with Gasteiger partial charge in [-0.05, 0) is 42.0 Å². The molecule has 2 atom stereocenters. The Balaban J connectivity index is 2.01. The Morgan fingerprint density at radius 1 is 1.15 bits per heavy atom. The predicted molar refractivity (Wildman–Crippen MR) is 83.5 cm³/mol. The maximum Gasteiger partial charge on any atom is 0.148 e. The molecule has 0 aliphatic heterocycles. The van der Waals surface area contributed by atoms with Gasteiger partial charge in [0.2, 0.25) is 0 Å². The Bertz CT molecular complexity index is 656. The van der Waals surface area contributed by atoms with Crippen LogP contribution in [0.15, 0.2) is 18.2 Å². The highest BCUT2D eigenvalue weighted by Crippen LogP contribution is 2.70. The van der Waals surface area contributed by atoms with Crippen LogP contribution >= 0.6 is 23.2 Å². The summed E-state index contributed by atoms with van der Waals surface area (Å²) in [6.07, 6.45) is 0. The highest BCUT2D eigenvalue weighted by Gasteiger charge is 2.60. The first-order valence-electron chi connectivity index (χ1n) is 6.58. The Morgan fingerprint density at radius 2 is 1.75 bits per heavy atom. The number of aromatic amines is 1. The second-order valence-electron chi connectivity index (χ2n) is 6.13. The number of rotatable bonds is 2. The maximum atomic E-state index is 6.12. The van der Waals surface area contributed by atoms with Crippen LogP contribution in [0.5, 0.6) is 0 Å². The van der Waals surface area contributed by atoms with E-state index in [1.54, 1.807) is 6.07 Å². The van der Waals surface area contributed by atoms with Crippen LogP contribution in [-0.4, -0.2) is 10.2 Å². The molecule has 2 aromatic rings. The van der Waals surface area contributed by atoms with Crippen molar-refractivity contribution >= 4 is 29.0 Å². The molecule has 3 N–H and O–H groups in total. The Labute approximate surface area is 128 Å². The van der Waals surface area contributed by atoms with E-state index in [2.05, 4.69) is 24.0 Å². The minimum absolute atomic E-state index is 0.137. The monoisotopic (exact) mass is 309 g/mol. The number of aromatic nitrogens is 2. The topological polar surface area (TPSA) is 54.7 Å². The van der Waals surface area contributed by atoms with Crippen LogP contribution in [0.4, 0.5) is 5.82 Å².